The molecule has 0 unspecified atom stereocenters. The lowest BCUT2D eigenvalue weighted by molar-refractivity contribution is 1.09. The third-order valence-electron chi connectivity index (χ3n) is 1.78. The van der Waals surface area contributed by atoms with Crippen LogP contribution >= 0.6 is 15.9 Å². The van der Waals surface area contributed by atoms with E-state index in [1.54, 1.807) is 0 Å². The van der Waals surface area contributed by atoms with Gasteiger partial charge in [-0.3, -0.25) is 0 Å². The van der Waals surface area contributed by atoms with Gasteiger partial charge in [0.15, 0.2) is 0 Å². The third kappa shape index (κ3) is 1.07. The van der Waals surface area contributed by atoms with Crippen molar-refractivity contribution in [3.05, 3.63) is 42.2 Å². The predicted molar refractivity (Wildman–Crippen MR) is 50.0 cm³/mol. The fraction of sp³-hybridized carbons (Fsp3) is 0.111. The zero-order chi connectivity index (χ0) is 7.68. The maximum absolute atomic E-state index is 3.44. The maximum atomic E-state index is 3.44. The van der Waals surface area contributed by atoms with Gasteiger partial charge >= 0.3 is 0 Å². The molecule has 0 aliphatic carbocycles. The van der Waals surface area contributed by atoms with Crippen molar-refractivity contribution < 1.29 is 0 Å². The van der Waals surface area contributed by atoms with Crippen molar-refractivity contribution in [1.29, 1.82) is 0 Å². The van der Waals surface area contributed by atoms with Crippen LogP contribution in [0.2, 0.25) is 0 Å². The molecule has 0 saturated heterocycles. The second-order valence-electron chi connectivity index (χ2n) is 2.45. The third-order valence-corrected chi connectivity index (χ3v) is 2.36. The van der Waals surface area contributed by atoms with Crippen LogP contribution in [0.15, 0.2) is 36.5 Å². The molecule has 0 aromatic carbocycles. The molecule has 1 nitrogen and oxygen atoms in total. The van der Waals surface area contributed by atoms with Crippen LogP contribution in [0.1, 0.15) is 5.69 Å². The highest BCUT2D eigenvalue weighted by molar-refractivity contribution is 9.08. The average Bonchev–Trinajstić information content (AvgIpc) is 2.50. The first-order valence-corrected chi connectivity index (χ1v) is 4.65. The topological polar surface area (TPSA) is 4.41 Å². The fourth-order valence-corrected chi connectivity index (χ4v) is 1.70. The van der Waals surface area contributed by atoms with Crippen LogP contribution in [0.25, 0.3) is 5.52 Å². The second kappa shape index (κ2) is 2.70. The van der Waals surface area contributed by atoms with Gasteiger partial charge in [0.25, 0.3) is 0 Å². The van der Waals surface area contributed by atoms with Crippen molar-refractivity contribution in [2.24, 2.45) is 0 Å². The molecular formula is C9H8BrN. The Hall–Kier alpha value is -0.760. The molecule has 2 aromatic rings. The fourth-order valence-electron chi connectivity index (χ4n) is 1.24. The number of pyridine rings is 1. The van der Waals surface area contributed by atoms with Crippen molar-refractivity contribution in [3.8, 4) is 0 Å². The van der Waals surface area contributed by atoms with Crippen molar-refractivity contribution in [3.63, 3.8) is 0 Å². The molecule has 11 heavy (non-hydrogen) atoms. The largest absolute Gasteiger partial charge is 0.320 e. The molecule has 2 aromatic heterocycles. The molecule has 0 fully saturated rings. The van der Waals surface area contributed by atoms with E-state index in [-0.39, 0.29) is 0 Å². The molecule has 2 heteroatoms. The Balaban J connectivity index is 2.79. The number of rotatable bonds is 1. The summed E-state index contributed by atoms with van der Waals surface area (Å²) in [6.45, 7) is 0. The molecule has 0 aliphatic heterocycles. The molecule has 0 radical (unpaired) electrons. The summed E-state index contributed by atoms with van der Waals surface area (Å²) in [5.74, 6) is 0. The Labute approximate surface area is 73.8 Å². The van der Waals surface area contributed by atoms with Crippen LogP contribution in [0.3, 0.4) is 0 Å². The Morgan fingerprint density at radius 1 is 1.18 bits per heavy atom. The molecule has 0 bridgehead atoms. The van der Waals surface area contributed by atoms with Gasteiger partial charge in [-0.1, -0.05) is 22.0 Å². The lowest BCUT2D eigenvalue weighted by atomic mass is 10.3. The molecule has 0 spiro atoms. The molecule has 0 N–H and O–H groups in total. The van der Waals surface area contributed by atoms with Gasteiger partial charge in [0.2, 0.25) is 0 Å². The Kier molecular flexibility index (Phi) is 1.70. The smallest absolute Gasteiger partial charge is 0.0453 e. The first-order valence-electron chi connectivity index (χ1n) is 3.53. The number of nitrogens with zero attached hydrogens (tertiary/aromatic N) is 1. The highest BCUT2D eigenvalue weighted by Gasteiger charge is 1.95. The van der Waals surface area contributed by atoms with Gasteiger partial charge in [0.1, 0.15) is 0 Å². The Morgan fingerprint density at radius 2 is 2.00 bits per heavy atom. The summed E-state index contributed by atoms with van der Waals surface area (Å²) in [4.78, 5) is 0. The van der Waals surface area contributed by atoms with Gasteiger partial charge in [-0.25, -0.2) is 0 Å². The standard InChI is InChI=1S/C9H8BrN/c10-7-9-4-1-3-8-5-2-6-11(8)9/h1-6H,7H2. The van der Waals surface area contributed by atoms with E-state index in [0.717, 1.165) is 5.33 Å². The summed E-state index contributed by atoms with van der Waals surface area (Å²) < 4.78 is 2.18. The van der Waals surface area contributed by atoms with Crippen LogP contribution < -0.4 is 0 Å². The lowest BCUT2D eigenvalue weighted by Crippen LogP contribution is -1.89. The Morgan fingerprint density at radius 3 is 2.82 bits per heavy atom. The quantitative estimate of drug-likeness (QED) is 0.637. The van der Waals surface area contributed by atoms with E-state index in [9.17, 15) is 0 Å². The number of hydrogen-bond acceptors (Lipinski definition) is 0. The first kappa shape index (κ1) is 6.92. The molecular weight excluding hydrogens is 202 g/mol. The summed E-state index contributed by atoms with van der Waals surface area (Å²) >= 11 is 3.44. The zero-order valence-electron chi connectivity index (χ0n) is 6.00. The minimum atomic E-state index is 0.902. The molecule has 0 atom stereocenters. The summed E-state index contributed by atoms with van der Waals surface area (Å²) in [7, 11) is 0. The van der Waals surface area contributed by atoms with Gasteiger partial charge in [-0.2, -0.15) is 0 Å². The van der Waals surface area contributed by atoms with Gasteiger partial charge in [0, 0.05) is 22.7 Å². The van der Waals surface area contributed by atoms with Crippen molar-refractivity contribution in [1.82, 2.24) is 4.40 Å². The number of hydrogen-bond donors (Lipinski definition) is 0. The van der Waals surface area contributed by atoms with Gasteiger partial charge in [-0.15, -0.1) is 0 Å². The number of alkyl halides is 1. The van der Waals surface area contributed by atoms with E-state index in [0.29, 0.717) is 0 Å². The van der Waals surface area contributed by atoms with E-state index < -0.39 is 0 Å². The minimum Gasteiger partial charge on any atom is -0.320 e. The molecule has 2 rings (SSSR count). The molecule has 56 valence electrons. The summed E-state index contributed by atoms with van der Waals surface area (Å²) in [5.41, 5.74) is 2.54. The van der Waals surface area contributed by atoms with Crippen LogP contribution in [0, 0.1) is 0 Å². The number of aromatic nitrogens is 1. The zero-order valence-corrected chi connectivity index (χ0v) is 7.58. The highest BCUT2D eigenvalue weighted by Crippen LogP contribution is 2.10. The van der Waals surface area contributed by atoms with Gasteiger partial charge in [-0.05, 0) is 24.3 Å². The summed E-state index contributed by atoms with van der Waals surface area (Å²) in [6.07, 6.45) is 2.08. The van der Waals surface area contributed by atoms with E-state index in [1.165, 1.54) is 11.2 Å². The summed E-state index contributed by atoms with van der Waals surface area (Å²) in [6, 6.07) is 10.5. The van der Waals surface area contributed by atoms with Crippen LogP contribution in [0.5, 0.6) is 0 Å². The van der Waals surface area contributed by atoms with Crippen molar-refractivity contribution in [2.45, 2.75) is 5.33 Å². The van der Waals surface area contributed by atoms with E-state index >= 15 is 0 Å². The van der Waals surface area contributed by atoms with E-state index in [2.05, 4.69) is 56.9 Å². The van der Waals surface area contributed by atoms with E-state index in [4.69, 9.17) is 0 Å². The molecule has 0 aliphatic rings. The van der Waals surface area contributed by atoms with E-state index in [1.807, 2.05) is 0 Å². The molecule has 2 heterocycles. The number of halogens is 1. The highest BCUT2D eigenvalue weighted by atomic mass is 79.9. The average molecular weight is 210 g/mol. The monoisotopic (exact) mass is 209 g/mol. The summed E-state index contributed by atoms with van der Waals surface area (Å²) in [5, 5.41) is 0.902. The minimum absolute atomic E-state index is 0.902. The molecule has 0 saturated carbocycles. The van der Waals surface area contributed by atoms with Crippen LogP contribution in [-0.4, -0.2) is 4.40 Å². The lowest BCUT2D eigenvalue weighted by Gasteiger charge is -2.00. The first-order chi connectivity index (χ1) is 5.42. The normalized spacial score (nSPS) is 10.6. The maximum Gasteiger partial charge on any atom is 0.0453 e. The number of fused-ring (bicyclic) bond motifs is 1. The SMILES string of the molecule is BrCc1cccc2cccn12. The van der Waals surface area contributed by atoms with Crippen LogP contribution in [-0.2, 0) is 5.33 Å². The molecule has 0 amide bonds. The Bertz CT molecular complexity index is 364. The second-order valence-corrected chi connectivity index (χ2v) is 3.01. The predicted octanol–water partition coefficient (Wildman–Crippen LogP) is 2.83. The van der Waals surface area contributed by atoms with Gasteiger partial charge in [0.05, 0.1) is 0 Å². The van der Waals surface area contributed by atoms with Crippen molar-refractivity contribution >= 4 is 21.4 Å². The van der Waals surface area contributed by atoms with Gasteiger partial charge < -0.3 is 4.40 Å². The van der Waals surface area contributed by atoms with Crippen molar-refractivity contribution in [2.75, 3.05) is 0 Å². The van der Waals surface area contributed by atoms with Crippen LogP contribution in [0.4, 0.5) is 0 Å².